The normalized spacial score (nSPS) is 15.7. The summed E-state index contributed by atoms with van der Waals surface area (Å²) in [5.41, 5.74) is 0.741. The predicted molar refractivity (Wildman–Crippen MR) is 100 cm³/mol. The van der Waals surface area contributed by atoms with Gasteiger partial charge in [0.2, 0.25) is 17.2 Å². The summed E-state index contributed by atoms with van der Waals surface area (Å²) in [4.78, 5) is 24.5. The number of nitrogens with one attached hydrogen (secondary N) is 1. The third kappa shape index (κ3) is 4.26. The molecule has 1 atom stereocenters. The van der Waals surface area contributed by atoms with Gasteiger partial charge in [-0.25, -0.2) is 18.9 Å². The van der Waals surface area contributed by atoms with Crippen molar-refractivity contribution in [2.45, 2.75) is 0 Å². The predicted octanol–water partition coefficient (Wildman–Crippen LogP) is 0.0219. The van der Waals surface area contributed by atoms with E-state index in [2.05, 4.69) is 19.6 Å². The van der Waals surface area contributed by atoms with Crippen LogP contribution >= 0.6 is 0 Å². The quantitative estimate of drug-likeness (QED) is 0.658. The molecule has 0 aliphatic carbocycles. The first-order chi connectivity index (χ1) is 13.0. The van der Waals surface area contributed by atoms with E-state index in [9.17, 15) is 9.00 Å². The molecule has 0 radical (unpaired) electrons. The van der Waals surface area contributed by atoms with Crippen LogP contribution in [-0.2, 0) is 16.1 Å². The van der Waals surface area contributed by atoms with Crippen molar-refractivity contribution < 1.29 is 23.0 Å². The third-order valence-electron chi connectivity index (χ3n) is 4.40. The Morgan fingerprint density at radius 2 is 1.85 bits per heavy atom. The van der Waals surface area contributed by atoms with Gasteiger partial charge in [0, 0.05) is 37.6 Å². The molecule has 1 amide bonds. The standard InChI is InChI=1S/C16H21N5O5S/c1-25-13-7-11-12(8-14(13)26-2)17-10-18-16(11)21-5-3-20(4-6-21)15(22)9-19-27(23)24/h7-8,10,19H,3-6,9H2,1-2H3,(H,23,24). The summed E-state index contributed by atoms with van der Waals surface area (Å²) in [6.45, 7) is 2.01. The second-order valence-electron chi connectivity index (χ2n) is 5.86. The van der Waals surface area contributed by atoms with Crippen LogP contribution in [-0.4, -0.2) is 76.5 Å². The largest absolute Gasteiger partial charge is 0.493 e. The number of ether oxygens (including phenoxy) is 2. The van der Waals surface area contributed by atoms with Crippen molar-refractivity contribution in [2.24, 2.45) is 0 Å². The van der Waals surface area contributed by atoms with Crippen LogP contribution in [0.4, 0.5) is 5.82 Å². The van der Waals surface area contributed by atoms with Gasteiger partial charge < -0.3 is 19.3 Å². The molecule has 10 nitrogen and oxygen atoms in total. The van der Waals surface area contributed by atoms with E-state index in [-0.39, 0.29) is 12.5 Å². The molecule has 11 heteroatoms. The molecule has 2 aromatic rings. The highest BCUT2D eigenvalue weighted by atomic mass is 32.2. The molecule has 1 fully saturated rings. The summed E-state index contributed by atoms with van der Waals surface area (Å²) >= 11 is -2.20. The zero-order chi connectivity index (χ0) is 19.4. The van der Waals surface area contributed by atoms with Gasteiger partial charge >= 0.3 is 0 Å². The zero-order valence-electron chi connectivity index (χ0n) is 15.0. The molecule has 1 unspecified atom stereocenters. The van der Waals surface area contributed by atoms with E-state index in [1.807, 2.05) is 6.07 Å². The van der Waals surface area contributed by atoms with Gasteiger partial charge in [-0.2, -0.15) is 0 Å². The van der Waals surface area contributed by atoms with Gasteiger partial charge in [0.05, 0.1) is 26.3 Å². The van der Waals surface area contributed by atoms with Gasteiger partial charge in [-0.15, -0.1) is 0 Å². The number of hydrogen-bond acceptors (Lipinski definition) is 7. The Morgan fingerprint density at radius 1 is 1.19 bits per heavy atom. The Morgan fingerprint density at radius 3 is 2.48 bits per heavy atom. The average molecular weight is 395 g/mol. The Bertz CT molecular complexity index is 856. The lowest BCUT2D eigenvalue weighted by molar-refractivity contribution is -0.130. The average Bonchev–Trinajstić information content (AvgIpc) is 2.70. The van der Waals surface area contributed by atoms with Crippen molar-refractivity contribution in [2.75, 3.05) is 51.8 Å². The first-order valence-electron chi connectivity index (χ1n) is 8.27. The number of amides is 1. The van der Waals surface area contributed by atoms with Gasteiger partial charge in [-0.05, 0) is 6.07 Å². The molecule has 1 aliphatic heterocycles. The summed E-state index contributed by atoms with van der Waals surface area (Å²) in [6.07, 6.45) is 1.50. The molecule has 2 heterocycles. The van der Waals surface area contributed by atoms with E-state index in [4.69, 9.17) is 14.0 Å². The van der Waals surface area contributed by atoms with Crippen molar-refractivity contribution in [3.63, 3.8) is 0 Å². The third-order valence-corrected chi connectivity index (χ3v) is 4.79. The van der Waals surface area contributed by atoms with Gasteiger partial charge in [-0.3, -0.25) is 9.35 Å². The summed E-state index contributed by atoms with van der Waals surface area (Å²) < 4.78 is 32.3. The molecular formula is C16H21N5O5S. The minimum atomic E-state index is -2.20. The smallest absolute Gasteiger partial charge is 0.237 e. The molecule has 3 rings (SSSR count). The number of piperazine rings is 1. The number of carbonyl (C=O) groups is 1. The van der Waals surface area contributed by atoms with E-state index in [1.165, 1.54) is 6.33 Å². The Kier molecular flexibility index (Phi) is 6.04. The maximum absolute atomic E-state index is 12.1. The molecule has 1 aromatic carbocycles. The van der Waals surface area contributed by atoms with Gasteiger partial charge in [-0.1, -0.05) is 0 Å². The fourth-order valence-electron chi connectivity index (χ4n) is 3.02. The van der Waals surface area contributed by atoms with Crippen LogP contribution < -0.4 is 19.1 Å². The van der Waals surface area contributed by atoms with E-state index in [1.54, 1.807) is 25.2 Å². The van der Waals surface area contributed by atoms with Crippen LogP contribution in [0, 0.1) is 0 Å². The highest BCUT2D eigenvalue weighted by molar-refractivity contribution is 7.77. The molecule has 27 heavy (non-hydrogen) atoms. The summed E-state index contributed by atoms with van der Waals surface area (Å²) in [5.74, 6) is 1.75. The minimum Gasteiger partial charge on any atom is -0.493 e. The van der Waals surface area contributed by atoms with Crippen LogP contribution in [0.2, 0.25) is 0 Å². The Balaban J connectivity index is 1.77. The maximum atomic E-state index is 12.1. The molecule has 0 saturated carbocycles. The SMILES string of the molecule is COc1cc2ncnc(N3CCN(C(=O)CNS(=O)O)CC3)c2cc1OC. The lowest BCUT2D eigenvalue weighted by atomic mass is 10.2. The molecule has 0 bridgehead atoms. The monoisotopic (exact) mass is 395 g/mol. The highest BCUT2D eigenvalue weighted by Gasteiger charge is 2.23. The summed E-state index contributed by atoms with van der Waals surface area (Å²) in [5, 5.41) is 0.840. The maximum Gasteiger partial charge on any atom is 0.237 e. The van der Waals surface area contributed by atoms with Crippen LogP contribution in [0.25, 0.3) is 10.9 Å². The van der Waals surface area contributed by atoms with Crippen LogP contribution in [0.1, 0.15) is 0 Å². The number of fused-ring (bicyclic) bond motifs is 1. The lowest BCUT2D eigenvalue weighted by Gasteiger charge is -2.35. The van der Waals surface area contributed by atoms with Crippen molar-refractivity contribution in [1.29, 1.82) is 0 Å². The number of hydrogen-bond donors (Lipinski definition) is 2. The Labute approximate surface area is 158 Å². The molecule has 146 valence electrons. The number of methoxy groups -OCH3 is 2. The highest BCUT2D eigenvalue weighted by Crippen LogP contribution is 2.34. The van der Waals surface area contributed by atoms with Gasteiger partial charge in [0.25, 0.3) is 0 Å². The zero-order valence-corrected chi connectivity index (χ0v) is 15.9. The number of anilines is 1. The topological polar surface area (TPSA) is 117 Å². The first kappa shape index (κ1) is 19.3. The fraction of sp³-hybridized carbons (Fsp3) is 0.438. The molecule has 1 saturated heterocycles. The van der Waals surface area contributed by atoms with Crippen molar-refractivity contribution in [1.82, 2.24) is 19.6 Å². The van der Waals surface area contributed by atoms with Gasteiger partial charge in [0.15, 0.2) is 11.5 Å². The van der Waals surface area contributed by atoms with Crippen molar-refractivity contribution >= 4 is 33.9 Å². The number of nitrogens with zero attached hydrogens (tertiary/aromatic N) is 4. The molecule has 1 aromatic heterocycles. The molecule has 1 aliphatic rings. The van der Waals surface area contributed by atoms with Crippen LogP contribution in [0.3, 0.4) is 0 Å². The second kappa shape index (κ2) is 8.46. The minimum absolute atomic E-state index is 0.170. The number of carbonyl (C=O) groups excluding carboxylic acids is 1. The van der Waals surface area contributed by atoms with Crippen LogP contribution in [0.15, 0.2) is 18.5 Å². The lowest BCUT2D eigenvalue weighted by Crippen LogP contribution is -2.51. The summed E-state index contributed by atoms with van der Waals surface area (Å²) in [7, 11) is 3.15. The fourth-order valence-corrected chi connectivity index (χ4v) is 3.27. The number of rotatable bonds is 6. The van der Waals surface area contributed by atoms with Gasteiger partial charge in [0.1, 0.15) is 12.1 Å². The Hall–Kier alpha value is -2.50. The summed E-state index contributed by atoms with van der Waals surface area (Å²) in [6, 6.07) is 3.65. The van der Waals surface area contributed by atoms with Crippen molar-refractivity contribution in [3.05, 3.63) is 18.5 Å². The molecular weight excluding hydrogens is 374 g/mol. The van der Waals surface area contributed by atoms with E-state index < -0.39 is 11.3 Å². The van der Waals surface area contributed by atoms with Crippen molar-refractivity contribution in [3.8, 4) is 11.5 Å². The van der Waals surface area contributed by atoms with E-state index in [0.717, 1.165) is 16.7 Å². The van der Waals surface area contributed by atoms with Crippen LogP contribution in [0.5, 0.6) is 11.5 Å². The van der Waals surface area contributed by atoms with E-state index in [0.29, 0.717) is 37.7 Å². The first-order valence-corrected chi connectivity index (χ1v) is 9.38. The number of benzene rings is 1. The second-order valence-corrected chi connectivity index (χ2v) is 6.65. The molecule has 0 spiro atoms. The number of aromatic nitrogens is 2. The van der Waals surface area contributed by atoms with E-state index >= 15 is 0 Å². The molecule has 2 N–H and O–H groups in total.